The summed E-state index contributed by atoms with van der Waals surface area (Å²) in [4.78, 5) is 11.4. The molecule has 2 amide bonds. The number of urea groups is 1. The highest BCUT2D eigenvalue weighted by atomic mass is 16.2. The molecule has 0 bridgehead atoms. The first-order valence-electron chi connectivity index (χ1n) is 7.17. The number of anilines is 1. The SMILES string of the molecule is CCCNC(=O)NCCc1cccc2c1NCCC2. The topological polar surface area (TPSA) is 53.2 Å². The fraction of sp³-hybridized carbons (Fsp3) is 0.533. The lowest BCUT2D eigenvalue weighted by Gasteiger charge is -2.21. The first-order valence-corrected chi connectivity index (χ1v) is 7.17. The Hall–Kier alpha value is -1.71. The molecule has 1 aromatic rings. The van der Waals surface area contributed by atoms with Crippen molar-refractivity contribution >= 4 is 11.7 Å². The van der Waals surface area contributed by atoms with Crippen molar-refractivity contribution < 1.29 is 4.79 Å². The van der Waals surface area contributed by atoms with Crippen LogP contribution in [-0.2, 0) is 12.8 Å². The van der Waals surface area contributed by atoms with Gasteiger partial charge in [0.25, 0.3) is 0 Å². The predicted molar refractivity (Wildman–Crippen MR) is 78.6 cm³/mol. The van der Waals surface area contributed by atoms with Crippen LogP contribution >= 0.6 is 0 Å². The summed E-state index contributed by atoms with van der Waals surface area (Å²) >= 11 is 0. The van der Waals surface area contributed by atoms with Gasteiger partial charge in [0, 0.05) is 25.3 Å². The molecule has 1 aliphatic heterocycles. The molecule has 0 unspecified atom stereocenters. The van der Waals surface area contributed by atoms with Gasteiger partial charge in [0.2, 0.25) is 0 Å². The highest BCUT2D eigenvalue weighted by Gasteiger charge is 2.11. The molecule has 104 valence electrons. The van der Waals surface area contributed by atoms with Gasteiger partial charge >= 0.3 is 6.03 Å². The van der Waals surface area contributed by atoms with E-state index in [1.165, 1.54) is 23.2 Å². The number of para-hydroxylation sites is 1. The first-order chi connectivity index (χ1) is 9.31. The normalized spacial score (nSPS) is 13.3. The van der Waals surface area contributed by atoms with Gasteiger partial charge in [-0.1, -0.05) is 25.1 Å². The van der Waals surface area contributed by atoms with Crippen LogP contribution in [0.2, 0.25) is 0 Å². The van der Waals surface area contributed by atoms with Crippen molar-refractivity contribution in [3.05, 3.63) is 29.3 Å². The van der Waals surface area contributed by atoms with Gasteiger partial charge in [0.15, 0.2) is 0 Å². The van der Waals surface area contributed by atoms with E-state index in [1.54, 1.807) is 0 Å². The maximum Gasteiger partial charge on any atom is 0.314 e. The number of fused-ring (bicyclic) bond motifs is 1. The van der Waals surface area contributed by atoms with Crippen LogP contribution in [0.3, 0.4) is 0 Å². The summed E-state index contributed by atoms with van der Waals surface area (Å²) in [5, 5.41) is 9.19. The predicted octanol–water partition coefficient (Wildman–Crippen LogP) is 2.30. The van der Waals surface area contributed by atoms with Crippen molar-refractivity contribution in [2.24, 2.45) is 0 Å². The number of benzene rings is 1. The minimum Gasteiger partial charge on any atom is -0.385 e. The van der Waals surface area contributed by atoms with E-state index >= 15 is 0 Å². The smallest absolute Gasteiger partial charge is 0.314 e. The summed E-state index contributed by atoms with van der Waals surface area (Å²) in [7, 11) is 0. The van der Waals surface area contributed by atoms with Crippen molar-refractivity contribution in [1.82, 2.24) is 10.6 Å². The van der Waals surface area contributed by atoms with Crippen LogP contribution in [-0.4, -0.2) is 25.7 Å². The van der Waals surface area contributed by atoms with Crippen LogP contribution in [0.1, 0.15) is 30.9 Å². The Labute approximate surface area is 115 Å². The molecule has 0 atom stereocenters. The third kappa shape index (κ3) is 3.88. The standard InChI is InChI=1S/C15H23N3O/c1-2-9-17-15(19)18-11-8-13-6-3-5-12-7-4-10-16-14(12)13/h3,5-6,16H,2,4,7-11H2,1H3,(H2,17,18,19). The summed E-state index contributed by atoms with van der Waals surface area (Å²) in [6.07, 6.45) is 4.19. The molecule has 0 fully saturated rings. The van der Waals surface area contributed by atoms with Gasteiger partial charge in [0.05, 0.1) is 0 Å². The van der Waals surface area contributed by atoms with E-state index in [2.05, 4.69) is 34.1 Å². The average Bonchev–Trinajstić information content (AvgIpc) is 2.45. The molecule has 0 aliphatic carbocycles. The van der Waals surface area contributed by atoms with E-state index in [1.807, 2.05) is 6.92 Å². The van der Waals surface area contributed by atoms with Crippen LogP contribution < -0.4 is 16.0 Å². The molecule has 1 aromatic carbocycles. The Morgan fingerprint density at radius 3 is 3.00 bits per heavy atom. The first kappa shape index (κ1) is 13.7. The Balaban J connectivity index is 1.84. The van der Waals surface area contributed by atoms with Gasteiger partial charge in [-0.25, -0.2) is 4.79 Å². The fourth-order valence-electron chi connectivity index (χ4n) is 2.40. The number of carbonyl (C=O) groups is 1. The van der Waals surface area contributed by atoms with Gasteiger partial charge < -0.3 is 16.0 Å². The van der Waals surface area contributed by atoms with E-state index in [0.29, 0.717) is 6.54 Å². The zero-order valence-electron chi connectivity index (χ0n) is 11.6. The average molecular weight is 261 g/mol. The monoisotopic (exact) mass is 261 g/mol. The summed E-state index contributed by atoms with van der Waals surface area (Å²) < 4.78 is 0. The Morgan fingerprint density at radius 2 is 2.16 bits per heavy atom. The third-order valence-corrected chi connectivity index (χ3v) is 3.38. The second kappa shape index (κ2) is 7.02. The fourth-order valence-corrected chi connectivity index (χ4v) is 2.40. The molecule has 4 heteroatoms. The zero-order valence-corrected chi connectivity index (χ0v) is 11.6. The van der Waals surface area contributed by atoms with Crippen LogP contribution in [0.4, 0.5) is 10.5 Å². The maximum atomic E-state index is 11.4. The molecular formula is C15H23N3O. The molecule has 0 spiro atoms. The van der Waals surface area contributed by atoms with E-state index in [4.69, 9.17) is 0 Å². The second-order valence-corrected chi connectivity index (χ2v) is 4.91. The summed E-state index contributed by atoms with van der Waals surface area (Å²) in [6, 6.07) is 6.37. The number of rotatable bonds is 5. The summed E-state index contributed by atoms with van der Waals surface area (Å²) in [5.41, 5.74) is 3.98. The number of hydrogen-bond donors (Lipinski definition) is 3. The summed E-state index contributed by atoms with van der Waals surface area (Å²) in [6.45, 7) is 4.50. The molecule has 1 heterocycles. The number of hydrogen-bond acceptors (Lipinski definition) is 2. The molecular weight excluding hydrogens is 238 g/mol. The van der Waals surface area contributed by atoms with E-state index in [9.17, 15) is 4.79 Å². The molecule has 0 saturated carbocycles. The maximum absolute atomic E-state index is 11.4. The molecule has 0 radical (unpaired) electrons. The highest BCUT2D eigenvalue weighted by Crippen LogP contribution is 2.26. The lowest BCUT2D eigenvalue weighted by Crippen LogP contribution is -2.37. The lowest BCUT2D eigenvalue weighted by molar-refractivity contribution is 0.241. The molecule has 0 aromatic heterocycles. The number of aryl methyl sites for hydroxylation is 1. The molecule has 4 nitrogen and oxygen atoms in total. The Morgan fingerprint density at radius 1 is 1.32 bits per heavy atom. The Kier molecular flexibility index (Phi) is 5.07. The zero-order chi connectivity index (χ0) is 13.5. The molecule has 2 rings (SSSR count). The minimum absolute atomic E-state index is 0.0698. The number of carbonyl (C=O) groups excluding carboxylic acids is 1. The van der Waals surface area contributed by atoms with Crippen molar-refractivity contribution in [2.45, 2.75) is 32.6 Å². The highest BCUT2D eigenvalue weighted by molar-refractivity contribution is 5.73. The number of nitrogens with one attached hydrogen (secondary N) is 3. The van der Waals surface area contributed by atoms with Gasteiger partial charge in [-0.15, -0.1) is 0 Å². The van der Waals surface area contributed by atoms with Crippen LogP contribution in [0.25, 0.3) is 0 Å². The Bertz CT molecular complexity index is 431. The van der Waals surface area contributed by atoms with E-state index in [0.717, 1.165) is 32.4 Å². The third-order valence-electron chi connectivity index (χ3n) is 3.38. The van der Waals surface area contributed by atoms with Crippen LogP contribution in [0, 0.1) is 0 Å². The van der Waals surface area contributed by atoms with E-state index in [-0.39, 0.29) is 6.03 Å². The number of amides is 2. The largest absolute Gasteiger partial charge is 0.385 e. The van der Waals surface area contributed by atoms with Crippen molar-refractivity contribution in [1.29, 1.82) is 0 Å². The second-order valence-electron chi connectivity index (χ2n) is 4.91. The molecule has 1 aliphatic rings. The van der Waals surface area contributed by atoms with Gasteiger partial charge in [0.1, 0.15) is 0 Å². The molecule has 3 N–H and O–H groups in total. The quantitative estimate of drug-likeness (QED) is 0.762. The summed E-state index contributed by atoms with van der Waals surface area (Å²) in [5.74, 6) is 0. The van der Waals surface area contributed by atoms with E-state index < -0.39 is 0 Å². The molecule has 19 heavy (non-hydrogen) atoms. The van der Waals surface area contributed by atoms with Crippen LogP contribution in [0.5, 0.6) is 0 Å². The van der Waals surface area contributed by atoms with Crippen molar-refractivity contribution in [3.8, 4) is 0 Å². The van der Waals surface area contributed by atoms with Crippen molar-refractivity contribution in [2.75, 3.05) is 25.0 Å². The van der Waals surface area contributed by atoms with Gasteiger partial charge in [-0.05, 0) is 36.8 Å². The molecule has 0 saturated heterocycles. The van der Waals surface area contributed by atoms with Crippen molar-refractivity contribution in [3.63, 3.8) is 0 Å². The minimum atomic E-state index is -0.0698. The van der Waals surface area contributed by atoms with Crippen LogP contribution in [0.15, 0.2) is 18.2 Å². The van der Waals surface area contributed by atoms with Gasteiger partial charge in [-0.3, -0.25) is 0 Å². The van der Waals surface area contributed by atoms with Gasteiger partial charge in [-0.2, -0.15) is 0 Å². The lowest BCUT2D eigenvalue weighted by atomic mass is 9.98.